The minimum absolute atomic E-state index is 0.208. The molecule has 2 heterocycles. The van der Waals surface area contributed by atoms with Crippen molar-refractivity contribution in [1.82, 2.24) is 15.1 Å². The van der Waals surface area contributed by atoms with Crippen LogP contribution in [0.25, 0.3) is 0 Å². The van der Waals surface area contributed by atoms with Crippen molar-refractivity contribution in [2.45, 2.75) is 52.6 Å². The van der Waals surface area contributed by atoms with Crippen LogP contribution in [-0.2, 0) is 20.9 Å². The largest absolute Gasteiger partial charge is 0.467 e. The number of piperidine rings is 1. The van der Waals surface area contributed by atoms with E-state index in [2.05, 4.69) is 22.2 Å². The number of carbonyl (C=O) groups is 2. The lowest BCUT2D eigenvalue weighted by Crippen LogP contribution is -2.45. The zero-order valence-electron chi connectivity index (χ0n) is 16.6. The van der Waals surface area contributed by atoms with Crippen molar-refractivity contribution in [3.8, 4) is 0 Å². The molecule has 1 aliphatic rings. The van der Waals surface area contributed by atoms with Crippen molar-refractivity contribution in [2.75, 3.05) is 25.1 Å². The van der Waals surface area contributed by atoms with Crippen LogP contribution in [0.3, 0.4) is 0 Å². The Morgan fingerprint density at radius 1 is 1.30 bits per heavy atom. The fourth-order valence-electron chi connectivity index (χ4n) is 3.16. The van der Waals surface area contributed by atoms with Gasteiger partial charge in [-0.3, -0.25) is 9.59 Å². The number of hydrogen-bond donors (Lipinski definition) is 1. The van der Waals surface area contributed by atoms with Gasteiger partial charge in [-0.25, -0.2) is 9.48 Å². The molecule has 2 rings (SSSR count). The van der Waals surface area contributed by atoms with Gasteiger partial charge in [-0.15, -0.1) is 0 Å². The molecule has 8 heteroatoms. The second-order valence-corrected chi connectivity index (χ2v) is 7.63. The highest BCUT2D eigenvalue weighted by molar-refractivity contribution is 5.84. The molecule has 1 fully saturated rings. The van der Waals surface area contributed by atoms with Crippen molar-refractivity contribution >= 4 is 17.7 Å². The first-order chi connectivity index (χ1) is 12.8. The SMILES string of the molecule is COC(=O)[C@H](CC(C)C)NC(=O)Cn1nc(N2CCC(C)CC2)ccc1=O. The quantitative estimate of drug-likeness (QED) is 0.716. The van der Waals surface area contributed by atoms with Crippen molar-refractivity contribution in [3.63, 3.8) is 0 Å². The second kappa shape index (κ2) is 9.53. The molecule has 1 aromatic heterocycles. The van der Waals surface area contributed by atoms with Crippen molar-refractivity contribution < 1.29 is 14.3 Å². The molecule has 0 radical (unpaired) electrons. The number of methoxy groups -OCH3 is 1. The van der Waals surface area contributed by atoms with Crippen LogP contribution in [-0.4, -0.2) is 47.9 Å². The molecule has 1 atom stereocenters. The fraction of sp³-hybridized carbons (Fsp3) is 0.684. The summed E-state index contributed by atoms with van der Waals surface area (Å²) in [7, 11) is 1.29. The van der Waals surface area contributed by atoms with Crippen LogP contribution < -0.4 is 15.8 Å². The van der Waals surface area contributed by atoms with Crippen LogP contribution in [0.15, 0.2) is 16.9 Å². The van der Waals surface area contributed by atoms with Crippen LogP contribution in [0.5, 0.6) is 0 Å². The normalized spacial score (nSPS) is 16.3. The summed E-state index contributed by atoms with van der Waals surface area (Å²) in [6.07, 6.45) is 2.63. The predicted octanol–water partition coefficient (Wildman–Crippen LogP) is 1.18. The Bertz CT molecular complexity index is 708. The molecule has 8 nitrogen and oxygen atoms in total. The van der Waals surface area contributed by atoms with E-state index in [1.54, 1.807) is 6.07 Å². The number of anilines is 1. The van der Waals surface area contributed by atoms with Gasteiger partial charge in [0.25, 0.3) is 5.56 Å². The Hall–Kier alpha value is -2.38. The number of amides is 1. The predicted molar refractivity (Wildman–Crippen MR) is 103 cm³/mol. The maximum absolute atomic E-state index is 12.4. The Labute approximate surface area is 159 Å². The highest BCUT2D eigenvalue weighted by atomic mass is 16.5. The van der Waals surface area contributed by atoms with E-state index in [-0.39, 0.29) is 18.0 Å². The molecule has 150 valence electrons. The Kier molecular flexibility index (Phi) is 7.38. The summed E-state index contributed by atoms with van der Waals surface area (Å²) in [6.45, 7) is 7.68. The number of nitrogens with zero attached hydrogens (tertiary/aromatic N) is 3. The minimum atomic E-state index is -0.732. The molecule has 27 heavy (non-hydrogen) atoms. The van der Waals surface area contributed by atoms with Gasteiger partial charge in [-0.05, 0) is 37.2 Å². The van der Waals surface area contributed by atoms with Gasteiger partial charge in [-0.2, -0.15) is 5.10 Å². The first kappa shape index (κ1) is 20.9. The average Bonchev–Trinajstić information content (AvgIpc) is 2.62. The molecule has 0 unspecified atom stereocenters. The lowest BCUT2D eigenvalue weighted by atomic mass is 9.99. The van der Waals surface area contributed by atoms with E-state index in [4.69, 9.17) is 4.74 Å². The minimum Gasteiger partial charge on any atom is -0.467 e. The summed E-state index contributed by atoms with van der Waals surface area (Å²) in [5.41, 5.74) is -0.349. The standard InChI is InChI=1S/C19H30N4O4/c1-13(2)11-15(19(26)27-4)20-17(24)12-23-18(25)6-5-16(21-23)22-9-7-14(3)8-10-22/h5-6,13-15H,7-12H2,1-4H3,(H,20,24)/t15-/m0/s1. The van der Waals surface area contributed by atoms with Gasteiger partial charge in [0.2, 0.25) is 5.91 Å². The number of ether oxygens (including phenoxy) is 1. The van der Waals surface area contributed by atoms with Crippen LogP contribution >= 0.6 is 0 Å². The number of rotatable bonds is 7. The highest BCUT2D eigenvalue weighted by Crippen LogP contribution is 2.20. The molecule has 0 aliphatic carbocycles. The Balaban J connectivity index is 2.06. The Morgan fingerprint density at radius 3 is 2.56 bits per heavy atom. The Morgan fingerprint density at radius 2 is 1.96 bits per heavy atom. The van der Waals surface area contributed by atoms with Gasteiger partial charge in [0.15, 0.2) is 0 Å². The van der Waals surface area contributed by atoms with E-state index >= 15 is 0 Å². The van der Waals surface area contributed by atoms with E-state index in [0.29, 0.717) is 18.2 Å². The van der Waals surface area contributed by atoms with Gasteiger partial charge in [0.1, 0.15) is 18.4 Å². The molecule has 1 N–H and O–H groups in total. The first-order valence-electron chi connectivity index (χ1n) is 9.50. The maximum Gasteiger partial charge on any atom is 0.328 e. The van der Waals surface area contributed by atoms with Gasteiger partial charge in [0, 0.05) is 19.2 Å². The molecule has 1 saturated heterocycles. The van der Waals surface area contributed by atoms with E-state index in [1.165, 1.54) is 13.2 Å². The summed E-state index contributed by atoms with van der Waals surface area (Å²) in [6, 6.07) is 2.40. The third kappa shape index (κ3) is 6.08. The molecule has 0 spiro atoms. The highest BCUT2D eigenvalue weighted by Gasteiger charge is 2.23. The van der Waals surface area contributed by atoms with E-state index in [0.717, 1.165) is 30.6 Å². The van der Waals surface area contributed by atoms with Gasteiger partial charge < -0.3 is 15.0 Å². The number of aromatic nitrogens is 2. The smallest absolute Gasteiger partial charge is 0.328 e. The average molecular weight is 378 g/mol. The van der Waals surface area contributed by atoms with Crippen LogP contribution in [0, 0.1) is 11.8 Å². The molecular weight excluding hydrogens is 348 g/mol. The third-order valence-electron chi connectivity index (χ3n) is 4.78. The molecule has 0 bridgehead atoms. The van der Waals surface area contributed by atoms with Gasteiger partial charge in [-0.1, -0.05) is 20.8 Å². The fourth-order valence-corrected chi connectivity index (χ4v) is 3.16. The zero-order valence-corrected chi connectivity index (χ0v) is 16.6. The lowest BCUT2D eigenvalue weighted by molar-refractivity contribution is -0.145. The van der Waals surface area contributed by atoms with Crippen molar-refractivity contribution in [1.29, 1.82) is 0 Å². The van der Waals surface area contributed by atoms with Crippen LogP contribution in [0.4, 0.5) is 5.82 Å². The number of esters is 1. The van der Waals surface area contributed by atoms with E-state index < -0.39 is 17.9 Å². The van der Waals surface area contributed by atoms with Crippen LogP contribution in [0.2, 0.25) is 0 Å². The van der Waals surface area contributed by atoms with E-state index in [1.807, 2.05) is 13.8 Å². The summed E-state index contributed by atoms with van der Waals surface area (Å²) >= 11 is 0. The second-order valence-electron chi connectivity index (χ2n) is 7.63. The third-order valence-corrected chi connectivity index (χ3v) is 4.78. The topological polar surface area (TPSA) is 93.5 Å². The first-order valence-corrected chi connectivity index (χ1v) is 9.50. The van der Waals surface area contributed by atoms with Gasteiger partial charge >= 0.3 is 5.97 Å². The van der Waals surface area contributed by atoms with Crippen molar-refractivity contribution in [3.05, 3.63) is 22.5 Å². The number of nitrogens with one attached hydrogen (secondary N) is 1. The number of hydrogen-bond acceptors (Lipinski definition) is 6. The zero-order chi connectivity index (χ0) is 20.0. The summed E-state index contributed by atoms with van der Waals surface area (Å²) < 4.78 is 5.90. The molecule has 1 amide bonds. The molecular formula is C19H30N4O4. The summed E-state index contributed by atoms with van der Waals surface area (Å²) in [5, 5.41) is 7.00. The summed E-state index contributed by atoms with van der Waals surface area (Å²) in [4.78, 5) is 38.5. The molecule has 1 aromatic rings. The molecule has 0 saturated carbocycles. The monoisotopic (exact) mass is 378 g/mol. The molecule has 0 aromatic carbocycles. The van der Waals surface area contributed by atoms with Crippen LogP contribution in [0.1, 0.15) is 40.0 Å². The summed E-state index contributed by atoms with van der Waals surface area (Å²) in [5.74, 6) is 0.661. The maximum atomic E-state index is 12.4. The van der Waals surface area contributed by atoms with Crippen molar-refractivity contribution in [2.24, 2.45) is 11.8 Å². The molecule has 1 aliphatic heterocycles. The number of carbonyl (C=O) groups excluding carboxylic acids is 2. The van der Waals surface area contributed by atoms with Gasteiger partial charge in [0.05, 0.1) is 7.11 Å². The van der Waals surface area contributed by atoms with E-state index in [9.17, 15) is 14.4 Å². The lowest BCUT2D eigenvalue weighted by Gasteiger charge is -2.31.